The second-order valence-electron chi connectivity index (χ2n) is 9.71. The van der Waals surface area contributed by atoms with E-state index in [1.807, 2.05) is 4.90 Å². The summed E-state index contributed by atoms with van der Waals surface area (Å²) in [5.74, 6) is 1.38. The second kappa shape index (κ2) is 10.9. The van der Waals surface area contributed by atoms with E-state index in [0.29, 0.717) is 37.0 Å². The third-order valence-corrected chi connectivity index (χ3v) is 5.94. The predicted molar refractivity (Wildman–Crippen MR) is 126 cm³/mol. The molecule has 32 heavy (non-hydrogen) atoms. The van der Waals surface area contributed by atoms with Crippen LogP contribution in [0.25, 0.3) is 11.3 Å². The van der Waals surface area contributed by atoms with Gasteiger partial charge in [-0.1, -0.05) is 32.9 Å². The summed E-state index contributed by atoms with van der Waals surface area (Å²) in [6, 6.07) is 6.31. The Balaban J connectivity index is 1.96. The van der Waals surface area contributed by atoms with Gasteiger partial charge in [0.1, 0.15) is 11.5 Å². The summed E-state index contributed by atoms with van der Waals surface area (Å²) in [5.41, 5.74) is 2.39. The highest BCUT2D eigenvalue weighted by atomic mass is 19.1. The van der Waals surface area contributed by atoms with Crippen molar-refractivity contribution in [2.24, 2.45) is 11.8 Å². The van der Waals surface area contributed by atoms with Crippen molar-refractivity contribution >= 4 is 11.8 Å². The van der Waals surface area contributed by atoms with E-state index >= 15 is 0 Å². The largest absolute Gasteiger partial charge is 0.338 e. The van der Waals surface area contributed by atoms with E-state index in [1.165, 1.54) is 12.1 Å². The molecule has 1 fully saturated rings. The van der Waals surface area contributed by atoms with E-state index in [4.69, 9.17) is 4.52 Å². The second-order valence-corrected chi connectivity index (χ2v) is 9.71. The van der Waals surface area contributed by atoms with Gasteiger partial charge in [0.2, 0.25) is 11.8 Å². The summed E-state index contributed by atoms with van der Waals surface area (Å²) in [7, 11) is 2.11. The van der Waals surface area contributed by atoms with Crippen molar-refractivity contribution < 1.29 is 13.7 Å². The molecule has 0 radical (unpaired) electrons. The lowest BCUT2D eigenvalue weighted by Crippen LogP contribution is -2.45. The van der Waals surface area contributed by atoms with Crippen LogP contribution in [0.5, 0.6) is 0 Å². The number of anilines is 1. The maximum atomic E-state index is 13.5. The Kier molecular flexibility index (Phi) is 8.29. The molecule has 2 aromatic rings. The number of amides is 1. The SMILES string of the molecule is CC(C)CCN(Cc1c(-c2ccc(F)cc2)noc1N1CCN(C)CC1)C(=O)CC(C)C. The molecule has 0 unspecified atom stereocenters. The van der Waals surface area contributed by atoms with Gasteiger partial charge in [-0.05, 0) is 49.6 Å². The molecule has 1 aliphatic heterocycles. The van der Waals surface area contributed by atoms with Gasteiger partial charge in [0.15, 0.2) is 0 Å². The van der Waals surface area contributed by atoms with Crippen LogP contribution < -0.4 is 4.90 Å². The van der Waals surface area contributed by atoms with E-state index in [1.54, 1.807) is 12.1 Å². The zero-order valence-corrected chi connectivity index (χ0v) is 20.1. The van der Waals surface area contributed by atoms with Gasteiger partial charge in [-0.3, -0.25) is 4.79 Å². The fraction of sp³-hybridized carbons (Fsp3) is 0.600. The van der Waals surface area contributed by atoms with Crippen LogP contribution in [0.1, 0.15) is 46.1 Å². The Hall–Kier alpha value is -2.41. The van der Waals surface area contributed by atoms with Crippen LogP contribution in [0, 0.1) is 17.7 Å². The van der Waals surface area contributed by atoms with E-state index in [0.717, 1.165) is 49.6 Å². The van der Waals surface area contributed by atoms with E-state index < -0.39 is 0 Å². The number of carbonyl (C=O) groups excluding carboxylic acids is 1. The number of benzene rings is 1. The topological polar surface area (TPSA) is 52.8 Å². The first-order valence-electron chi connectivity index (χ1n) is 11.7. The van der Waals surface area contributed by atoms with Gasteiger partial charge in [-0.25, -0.2) is 4.39 Å². The highest BCUT2D eigenvalue weighted by Crippen LogP contribution is 2.33. The molecule has 1 aliphatic rings. The number of rotatable bonds is 9. The molecule has 3 rings (SSSR count). The Bertz CT molecular complexity index is 871. The van der Waals surface area contributed by atoms with Crippen LogP contribution in [-0.2, 0) is 11.3 Å². The smallest absolute Gasteiger partial charge is 0.232 e. The monoisotopic (exact) mass is 444 g/mol. The van der Waals surface area contributed by atoms with Crippen LogP contribution in [0.3, 0.4) is 0 Å². The molecule has 0 spiro atoms. The molecule has 0 bridgehead atoms. The number of halogens is 1. The molecule has 176 valence electrons. The molecule has 0 saturated carbocycles. The van der Waals surface area contributed by atoms with E-state index in [-0.39, 0.29) is 11.7 Å². The minimum absolute atomic E-state index is 0.149. The van der Waals surface area contributed by atoms with E-state index in [2.05, 4.69) is 49.7 Å². The van der Waals surface area contributed by atoms with Gasteiger partial charge in [0.05, 0.1) is 12.1 Å². The number of aromatic nitrogens is 1. The zero-order chi connectivity index (χ0) is 23.3. The van der Waals surface area contributed by atoms with Crippen molar-refractivity contribution in [3.05, 3.63) is 35.6 Å². The Morgan fingerprint density at radius 3 is 2.34 bits per heavy atom. The van der Waals surface area contributed by atoms with Crippen LogP contribution in [0.15, 0.2) is 28.8 Å². The number of nitrogens with zero attached hydrogens (tertiary/aromatic N) is 4. The molecule has 1 amide bonds. The van der Waals surface area contributed by atoms with Crippen LogP contribution in [-0.4, -0.2) is 60.6 Å². The molecular formula is C25H37FN4O2. The zero-order valence-electron chi connectivity index (χ0n) is 20.1. The molecule has 2 heterocycles. The van der Waals surface area contributed by atoms with Crippen molar-refractivity contribution in [2.75, 3.05) is 44.7 Å². The van der Waals surface area contributed by atoms with Crippen molar-refractivity contribution in [3.63, 3.8) is 0 Å². The minimum atomic E-state index is -0.288. The third-order valence-electron chi connectivity index (χ3n) is 5.94. The average molecular weight is 445 g/mol. The van der Waals surface area contributed by atoms with Gasteiger partial charge >= 0.3 is 0 Å². The average Bonchev–Trinajstić information content (AvgIpc) is 3.15. The molecule has 1 aromatic carbocycles. The summed E-state index contributed by atoms with van der Waals surface area (Å²) >= 11 is 0. The Morgan fingerprint density at radius 1 is 1.09 bits per heavy atom. The molecule has 6 nitrogen and oxygen atoms in total. The van der Waals surface area contributed by atoms with Crippen molar-refractivity contribution in [3.8, 4) is 11.3 Å². The molecule has 1 aromatic heterocycles. The van der Waals surface area contributed by atoms with Crippen LogP contribution in [0.2, 0.25) is 0 Å². The van der Waals surface area contributed by atoms with Crippen LogP contribution in [0.4, 0.5) is 10.3 Å². The first kappa shape index (κ1) is 24.2. The van der Waals surface area contributed by atoms with E-state index in [9.17, 15) is 9.18 Å². The third kappa shape index (κ3) is 6.31. The number of hydrogen-bond donors (Lipinski definition) is 0. The van der Waals surface area contributed by atoms with Crippen molar-refractivity contribution in [1.82, 2.24) is 15.0 Å². The molecule has 0 N–H and O–H groups in total. The number of likely N-dealkylation sites (N-methyl/N-ethyl adjacent to an activating group) is 1. The quantitative estimate of drug-likeness (QED) is 0.563. The minimum Gasteiger partial charge on any atom is -0.338 e. The summed E-state index contributed by atoms with van der Waals surface area (Å²) in [4.78, 5) is 19.6. The molecule has 7 heteroatoms. The molecule has 0 atom stereocenters. The van der Waals surface area contributed by atoms with Gasteiger partial charge in [0, 0.05) is 44.7 Å². The van der Waals surface area contributed by atoms with Gasteiger partial charge in [-0.2, -0.15) is 0 Å². The van der Waals surface area contributed by atoms with Crippen LogP contribution >= 0.6 is 0 Å². The lowest BCUT2D eigenvalue weighted by atomic mass is 10.0. The van der Waals surface area contributed by atoms with Crippen molar-refractivity contribution in [2.45, 2.75) is 47.1 Å². The predicted octanol–water partition coefficient (Wildman–Crippen LogP) is 4.65. The lowest BCUT2D eigenvalue weighted by molar-refractivity contribution is -0.132. The van der Waals surface area contributed by atoms with Gasteiger partial charge in [0.25, 0.3) is 0 Å². The summed E-state index contributed by atoms with van der Waals surface area (Å²) in [5, 5.41) is 4.39. The number of piperazine rings is 1. The molecule has 1 saturated heterocycles. The highest BCUT2D eigenvalue weighted by molar-refractivity contribution is 5.77. The Labute approximate surface area is 191 Å². The number of hydrogen-bond acceptors (Lipinski definition) is 5. The summed E-state index contributed by atoms with van der Waals surface area (Å²) in [6.45, 7) is 13.2. The summed E-state index contributed by atoms with van der Waals surface area (Å²) < 4.78 is 19.4. The lowest BCUT2D eigenvalue weighted by Gasteiger charge is -2.33. The normalized spacial score (nSPS) is 15.1. The summed E-state index contributed by atoms with van der Waals surface area (Å²) in [6.07, 6.45) is 1.45. The maximum absolute atomic E-state index is 13.5. The fourth-order valence-corrected chi connectivity index (χ4v) is 3.91. The molecule has 0 aliphatic carbocycles. The molecular weight excluding hydrogens is 407 g/mol. The van der Waals surface area contributed by atoms with Gasteiger partial charge in [-0.15, -0.1) is 0 Å². The maximum Gasteiger partial charge on any atom is 0.232 e. The number of carbonyl (C=O) groups is 1. The first-order chi connectivity index (χ1) is 15.2. The highest BCUT2D eigenvalue weighted by Gasteiger charge is 2.28. The fourth-order valence-electron chi connectivity index (χ4n) is 3.91. The van der Waals surface area contributed by atoms with Crippen molar-refractivity contribution in [1.29, 1.82) is 0 Å². The van der Waals surface area contributed by atoms with Gasteiger partial charge < -0.3 is 19.2 Å². The Morgan fingerprint density at radius 2 is 1.75 bits per heavy atom. The standard InChI is InChI=1S/C25H37FN4O2/c1-18(2)10-11-30(23(31)16-19(3)4)17-22-24(20-6-8-21(26)9-7-20)27-32-25(22)29-14-12-28(5)13-15-29/h6-9,18-19H,10-17H2,1-5H3. The first-order valence-corrected chi connectivity index (χ1v) is 11.7.